The lowest BCUT2D eigenvalue weighted by Crippen LogP contribution is -2.11. The van der Waals surface area contributed by atoms with Crippen molar-refractivity contribution < 1.29 is 0 Å². The van der Waals surface area contributed by atoms with E-state index in [0.29, 0.717) is 0 Å². The molecule has 2 atom stereocenters. The molecule has 0 spiro atoms. The number of rotatable bonds is 1. The summed E-state index contributed by atoms with van der Waals surface area (Å²) >= 11 is 0. The fraction of sp³-hybridized carbons (Fsp3) is 0.615. The standard InChI is InChI=1S/C13H19N/c1-10-4-3-5-12(6-10)13-7-11(2)8-14-9-13/h7-10,12H,3-6H2,1-2H3. The zero-order valence-electron chi connectivity index (χ0n) is 9.16. The van der Waals surface area contributed by atoms with Gasteiger partial charge in [-0.25, -0.2) is 0 Å². The molecule has 0 aromatic carbocycles. The van der Waals surface area contributed by atoms with Gasteiger partial charge in [0.15, 0.2) is 0 Å². The molecule has 0 amide bonds. The Morgan fingerprint density at radius 2 is 2.14 bits per heavy atom. The molecule has 1 heteroatoms. The van der Waals surface area contributed by atoms with E-state index in [1.54, 1.807) is 0 Å². The number of hydrogen-bond acceptors (Lipinski definition) is 1. The van der Waals surface area contributed by atoms with Crippen molar-refractivity contribution >= 4 is 0 Å². The molecule has 1 heterocycles. The highest BCUT2D eigenvalue weighted by Crippen LogP contribution is 2.35. The first kappa shape index (κ1) is 9.70. The molecule has 1 aliphatic rings. The van der Waals surface area contributed by atoms with Gasteiger partial charge in [-0.2, -0.15) is 0 Å². The van der Waals surface area contributed by atoms with E-state index in [1.165, 1.54) is 36.8 Å². The smallest absolute Gasteiger partial charge is 0.0302 e. The van der Waals surface area contributed by atoms with E-state index in [4.69, 9.17) is 0 Å². The van der Waals surface area contributed by atoms with Crippen molar-refractivity contribution in [1.82, 2.24) is 4.98 Å². The molecule has 1 aliphatic carbocycles. The summed E-state index contributed by atoms with van der Waals surface area (Å²) in [4.78, 5) is 4.28. The molecule has 2 rings (SSSR count). The molecule has 0 N–H and O–H groups in total. The van der Waals surface area contributed by atoms with Crippen LogP contribution in [0.5, 0.6) is 0 Å². The highest BCUT2D eigenvalue weighted by atomic mass is 14.6. The Labute approximate surface area is 86.6 Å². The normalized spacial score (nSPS) is 27.6. The first-order chi connectivity index (χ1) is 6.75. The Kier molecular flexibility index (Phi) is 2.85. The number of aromatic nitrogens is 1. The Hall–Kier alpha value is -0.850. The van der Waals surface area contributed by atoms with Crippen LogP contribution in [0.1, 0.15) is 49.7 Å². The van der Waals surface area contributed by atoms with E-state index in [-0.39, 0.29) is 0 Å². The Morgan fingerprint density at radius 3 is 2.86 bits per heavy atom. The van der Waals surface area contributed by atoms with Gasteiger partial charge in [0, 0.05) is 12.4 Å². The molecule has 0 saturated heterocycles. The number of aryl methyl sites for hydroxylation is 1. The van der Waals surface area contributed by atoms with Crippen LogP contribution in [0.15, 0.2) is 18.5 Å². The molecule has 1 saturated carbocycles. The van der Waals surface area contributed by atoms with Crippen LogP contribution < -0.4 is 0 Å². The Bertz CT molecular complexity index is 306. The van der Waals surface area contributed by atoms with E-state index >= 15 is 0 Å². The summed E-state index contributed by atoms with van der Waals surface area (Å²) in [5.74, 6) is 1.67. The topological polar surface area (TPSA) is 12.9 Å². The zero-order valence-corrected chi connectivity index (χ0v) is 9.16. The third kappa shape index (κ3) is 2.14. The quantitative estimate of drug-likeness (QED) is 0.656. The monoisotopic (exact) mass is 189 g/mol. The maximum Gasteiger partial charge on any atom is 0.0302 e. The van der Waals surface area contributed by atoms with Gasteiger partial charge in [0.2, 0.25) is 0 Å². The summed E-state index contributed by atoms with van der Waals surface area (Å²) in [6.07, 6.45) is 9.50. The molecule has 2 unspecified atom stereocenters. The lowest BCUT2D eigenvalue weighted by Gasteiger charge is -2.26. The number of nitrogens with zero attached hydrogens (tertiary/aromatic N) is 1. The molecule has 0 bridgehead atoms. The molecule has 0 radical (unpaired) electrons. The van der Waals surface area contributed by atoms with Gasteiger partial charge in [-0.3, -0.25) is 4.98 Å². The summed E-state index contributed by atoms with van der Waals surface area (Å²) in [6, 6.07) is 2.30. The molecule has 76 valence electrons. The van der Waals surface area contributed by atoms with Crippen LogP contribution in [-0.2, 0) is 0 Å². The summed E-state index contributed by atoms with van der Waals surface area (Å²) in [5, 5.41) is 0. The van der Waals surface area contributed by atoms with E-state index in [1.807, 2.05) is 6.20 Å². The predicted molar refractivity (Wildman–Crippen MR) is 59.3 cm³/mol. The summed E-state index contributed by atoms with van der Waals surface area (Å²) in [6.45, 7) is 4.50. The van der Waals surface area contributed by atoms with Gasteiger partial charge in [-0.05, 0) is 42.7 Å². The first-order valence-corrected chi connectivity index (χ1v) is 5.67. The van der Waals surface area contributed by atoms with Crippen molar-refractivity contribution in [3.63, 3.8) is 0 Å². The van der Waals surface area contributed by atoms with Crippen LogP contribution in [-0.4, -0.2) is 4.98 Å². The van der Waals surface area contributed by atoms with Gasteiger partial charge in [0.1, 0.15) is 0 Å². The highest BCUT2D eigenvalue weighted by Gasteiger charge is 2.20. The van der Waals surface area contributed by atoms with Crippen LogP contribution in [0.3, 0.4) is 0 Å². The van der Waals surface area contributed by atoms with Crippen LogP contribution >= 0.6 is 0 Å². The van der Waals surface area contributed by atoms with Crippen LogP contribution in [0, 0.1) is 12.8 Å². The molecule has 14 heavy (non-hydrogen) atoms. The average molecular weight is 189 g/mol. The molecule has 1 aromatic rings. The molecule has 1 aromatic heterocycles. The van der Waals surface area contributed by atoms with E-state index in [0.717, 1.165) is 11.8 Å². The second-order valence-corrected chi connectivity index (χ2v) is 4.76. The lowest BCUT2D eigenvalue weighted by molar-refractivity contribution is 0.343. The van der Waals surface area contributed by atoms with Crippen LogP contribution in [0.2, 0.25) is 0 Å². The molecular weight excluding hydrogens is 170 g/mol. The maximum absolute atomic E-state index is 4.28. The SMILES string of the molecule is Cc1cncc(C2CCCC(C)C2)c1. The fourth-order valence-corrected chi connectivity index (χ4v) is 2.54. The van der Waals surface area contributed by atoms with E-state index in [2.05, 4.69) is 31.1 Å². The minimum atomic E-state index is 0.770. The van der Waals surface area contributed by atoms with E-state index in [9.17, 15) is 0 Å². The minimum absolute atomic E-state index is 0.770. The molecular formula is C13H19N. The predicted octanol–water partition coefficient (Wildman–Crippen LogP) is 3.68. The number of hydrogen-bond donors (Lipinski definition) is 0. The van der Waals surface area contributed by atoms with Crippen molar-refractivity contribution in [3.8, 4) is 0 Å². The highest BCUT2D eigenvalue weighted by molar-refractivity contribution is 5.21. The van der Waals surface area contributed by atoms with Crippen molar-refractivity contribution in [1.29, 1.82) is 0 Å². The first-order valence-electron chi connectivity index (χ1n) is 5.67. The third-order valence-corrected chi connectivity index (χ3v) is 3.30. The van der Waals surface area contributed by atoms with Crippen molar-refractivity contribution in [2.75, 3.05) is 0 Å². The van der Waals surface area contributed by atoms with Crippen LogP contribution in [0.4, 0.5) is 0 Å². The Morgan fingerprint density at radius 1 is 1.29 bits per heavy atom. The summed E-state index contributed by atoms with van der Waals surface area (Å²) < 4.78 is 0. The van der Waals surface area contributed by atoms with Gasteiger partial charge < -0.3 is 0 Å². The molecule has 1 fully saturated rings. The maximum atomic E-state index is 4.28. The van der Waals surface area contributed by atoms with Crippen molar-refractivity contribution in [2.24, 2.45) is 5.92 Å². The second-order valence-electron chi connectivity index (χ2n) is 4.76. The molecule has 1 nitrogen and oxygen atoms in total. The van der Waals surface area contributed by atoms with Gasteiger partial charge in [-0.1, -0.05) is 25.8 Å². The lowest BCUT2D eigenvalue weighted by atomic mass is 9.79. The van der Waals surface area contributed by atoms with Gasteiger partial charge in [0.25, 0.3) is 0 Å². The second kappa shape index (κ2) is 4.12. The third-order valence-electron chi connectivity index (χ3n) is 3.30. The Balaban J connectivity index is 2.14. The summed E-state index contributed by atoms with van der Waals surface area (Å²) in [7, 11) is 0. The largest absolute Gasteiger partial charge is 0.264 e. The van der Waals surface area contributed by atoms with Crippen molar-refractivity contribution in [2.45, 2.75) is 45.4 Å². The summed E-state index contributed by atoms with van der Waals surface area (Å²) in [5.41, 5.74) is 2.75. The van der Waals surface area contributed by atoms with Gasteiger partial charge in [-0.15, -0.1) is 0 Å². The van der Waals surface area contributed by atoms with Gasteiger partial charge >= 0.3 is 0 Å². The fourth-order valence-electron chi connectivity index (χ4n) is 2.54. The average Bonchev–Trinajstić information content (AvgIpc) is 2.18. The van der Waals surface area contributed by atoms with Gasteiger partial charge in [0.05, 0.1) is 0 Å². The van der Waals surface area contributed by atoms with E-state index < -0.39 is 0 Å². The molecule has 0 aliphatic heterocycles. The minimum Gasteiger partial charge on any atom is -0.264 e. The zero-order chi connectivity index (χ0) is 9.97. The number of pyridine rings is 1. The van der Waals surface area contributed by atoms with Crippen molar-refractivity contribution in [3.05, 3.63) is 29.6 Å². The van der Waals surface area contributed by atoms with Crippen LogP contribution in [0.25, 0.3) is 0 Å².